The Morgan fingerprint density at radius 2 is 2.32 bits per heavy atom. The zero-order chi connectivity index (χ0) is 13.8. The van der Waals surface area contributed by atoms with E-state index in [1.165, 1.54) is 17.8 Å². The number of nitrogens with two attached hydrogens (primary N) is 1. The van der Waals surface area contributed by atoms with E-state index in [2.05, 4.69) is 31.0 Å². The third-order valence-electron chi connectivity index (χ3n) is 3.96. The average Bonchev–Trinajstić information content (AvgIpc) is 2.98. The SMILES string of the molecule is CC1CCC(NC(=O)c2csc(C#CCN)c2)C1C. The average molecular weight is 276 g/mol. The van der Waals surface area contributed by atoms with Crippen molar-refractivity contribution in [2.75, 3.05) is 6.54 Å². The molecule has 1 aliphatic rings. The molecule has 2 rings (SSSR count). The summed E-state index contributed by atoms with van der Waals surface area (Å²) in [6.45, 7) is 4.81. The molecule has 1 fully saturated rings. The van der Waals surface area contributed by atoms with E-state index in [9.17, 15) is 4.79 Å². The molecule has 0 radical (unpaired) electrons. The van der Waals surface area contributed by atoms with Crippen LogP contribution in [-0.4, -0.2) is 18.5 Å². The first-order chi connectivity index (χ1) is 9.11. The Bertz CT molecular complexity index is 512. The van der Waals surface area contributed by atoms with Crippen LogP contribution in [-0.2, 0) is 0 Å². The van der Waals surface area contributed by atoms with Crippen molar-refractivity contribution in [2.45, 2.75) is 32.7 Å². The molecule has 3 nitrogen and oxygen atoms in total. The lowest BCUT2D eigenvalue weighted by Gasteiger charge is -2.19. The fourth-order valence-electron chi connectivity index (χ4n) is 2.48. The van der Waals surface area contributed by atoms with Crippen molar-refractivity contribution in [1.29, 1.82) is 0 Å². The molecule has 0 aromatic carbocycles. The van der Waals surface area contributed by atoms with Gasteiger partial charge in [0.1, 0.15) is 0 Å². The summed E-state index contributed by atoms with van der Waals surface area (Å²) >= 11 is 1.49. The first-order valence-corrected chi connectivity index (χ1v) is 7.58. The maximum atomic E-state index is 12.2. The van der Waals surface area contributed by atoms with E-state index in [0.717, 1.165) is 11.3 Å². The molecule has 102 valence electrons. The van der Waals surface area contributed by atoms with Crippen molar-refractivity contribution in [2.24, 2.45) is 17.6 Å². The lowest BCUT2D eigenvalue weighted by molar-refractivity contribution is 0.0928. The van der Waals surface area contributed by atoms with Crippen LogP contribution in [0.15, 0.2) is 11.4 Å². The van der Waals surface area contributed by atoms with E-state index in [1.807, 2.05) is 11.4 Å². The largest absolute Gasteiger partial charge is 0.349 e. The molecule has 0 spiro atoms. The quantitative estimate of drug-likeness (QED) is 0.814. The summed E-state index contributed by atoms with van der Waals surface area (Å²) in [4.78, 5) is 13.1. The molecule has 1 amide bonds. The van der Waals surface area contributed by atoms with E-state index in [4.69, 9.17) is 5.73 Å². The Morgan fingerprint density at radius 1 is 1.53 bits per heavy atom. The van der Waals surface area contributed by atoms with E-state index in [0.29, 0.717) is 30.0 Å². The summed E-state index contributed by atoms with van der Waals surface area (Å²) in [5.41, 5.74) is 6.04. The third kappa shape index (κ3) is 3.37. The predicted octanol–water partition coefficient (Wildman–Crippen LogP) is 2.22. The Labute approximate surface area is 118 Å². The molecule has 1 aromatic heterocycles. The van der Waals surface area contributed by atoms with Crippen molar-refractivity contribution in [3.63, 3.8) is 0 Å². The second-order valence-corrected chi connectivity index (χ2v) is 6.11. The smallest absolute Gasteiger partial charge is 0.252 e. The highest BCUT2D eigenvalue weighted by Crippen LogP contribution is 2.31. The Morgan fingerprint density at radius 3 is 2.95 bits per heavy atom. The van der Waals surface area contributed by atoms with Crippen LogP contribution in [0.1, 0.15) is 41.9 Å². The molecule has 3 unspecified atom stereocenters. The van der Waals surface area contributed by atoms with E-state index < -0.39 is 0 Å². The molecular weight excluding hydrogens is 256 g/mol. The second-order valence-electron chi connectivity index (χ2n) is 5.20. The van der Waals surface area contributed by atoms with Crippen LogP contribution >= 0.6 is 11.3 Å². The fourth-order valence-corrected chi connectivity index (χ4v) is 3.23. The van der Waals surface area contributed by atoms with Crippen molar-refractivity contribution < 1.29 is 4.79 Å². The summed E-state index contributed by atoms with van der Waals surface area (Å²) in [5, 5.41) is 5.00. The van der Waals surface area contributed by atoms with Gasteiger partial charge in [-0.1, -0.05) is 25.7 Å². The van der Waals surface area contributed by atoms with Crippen LogP contribution in [0, 0.1) is 23.7 Å². The molecule has 1 aliphatic carbocycles. The molecule has 0 saturated heterocycles. The van der Waals surface area contributed by atoms with Gasteiger partial charge in [-0.05, 0) is 30.7 Å². The zero-order valence-electron chi connectivity index (χ0n) is 11.4. The Balaban J connectivity index is 1.98. The number of hydrogen-bond donors (Lipinski definition) is 2. The van der Waals surface area contributed by atoms with Gasteiger partial charge in [0.15, 0.2) is 0 Å². The van der Waals surface area contributed by atoms with Gasteiger partial charge < -0.3 is 11.1 Å². The lowest BCUT2D eigenvalue weighted by atomic mass is 9.98. The van der Waals surface area contributed by atoms with Gasteiger partial charge in [-0.2, -0.15) is 0 Å². The van der Waals surface area contributed by atoms with E-state index >= 15 is 0 Å². The van der Waals surface area contributed by atoms with Gasteiger partial charge in [0.05, 0.1) is 17.0 Å². The van der Waals surface area contributed by atoms with Crippen LogP contribution in [0.25, 0.3) is 0 Å². The molecule has 1 aromatic rings. The third-order valence-corrected chi connectivity index (χ3v) is 4.80. The van der Waals surface area contributed by atoms with Crippen LogP contribution < -0.4 is 11.1 Å². The monoisotopic (exact) mass is 276 g/mol. The Hall–Kier alpha value is -1.31. The molecule has 19 heavy (non-hydrogen) atoms. The van der Waals surface area contributed by atoms with Gasteiger partial charge >= 0.3 is 0 Å². The molecule has 3 atom stereocenters. The van der Waals surface area contributed by atoms with Crippen molar-refractivity contribution in [3.05, 3.63) is 21.9 Å². The van der Waals surface area contributed by atoms with Gasteiger partial charge in [0.2, 0.25) is 0 Å². The highest BCUT2D eigenvalue weighted by molar-refractivity contribution is 7.10. The minimum atomic E-state index is 0.0167. The summed E-state index contributed by atoms with van der Waals surface area (Å²) < 4.78 is 0. The van der Waals surface area contributed by atoms with Gasteiger partial charge in [-0.25, -0.2) is 0 Å². The molecule has 1 heterocycles. The zero-order valence-corrected chi connectivity index (χ0v) is 12.2. The molecule has 1 saturated carbocycles. The van der Waals surface area contributed by atoms with Gasteiger partial charge in [-0.3, -0.25) is 4.79 Å². The minimum Gasteiger partial charge on any atom is -0.349 e. The van der Waals surface area contributed by atoms with Gasteiger partial charge in [-0.15, -0.1) is 11.3 Å². The van der Waals surface area contributed by atoms with Gasteiger partial charge in [0, 0.05) is 11.4 Å². The molecule has 0 bridgehead atoms. The maximum Gasteiger partial charge on any atom is 0.252 e. The van der Waals surface area contributed by atoms with Crippen LogP contribution in [0.2, 0.25) is 0 Å². The first kappa shape index (κ1) is 14.1. The van der Waals surface area contributed by atoms with E-state index in [-0.39, 0.29) is 5.91 Å². The molecular formula is C15H20N2OS. The summed E-state index contributed by atoms with van der Waals surface area (Å²) in [6, 6.07) is 2.15. The predicted molar refractivity (Wildman–Crippen MR) is 79.1 cm³/mol. The standard InChI is InChI=1S/C15H20N2OS/c1-10-5-6-14(11(10)2)17-15(18)12-8-13(19-9-12)4-3-7-16/h8-11,14H,5-7,16H2,1-2H3,(H,17,18). The number of rotatable bonds is 2. The van der Waals surface area contributed by atoms with Crippen molar-refractivity contribution >= 4 is 17.2 Å². The molecule has 4 heteroatoms. The summed E-state index contributed by atoms with van der Waals surface area (Å²) in [7, 11) is 0. The number of nitrogens with one attached hydrogen (secondary N) is 1. The number of hydrogen-bond acceptors (Lipinski definition) is 3. The van der Waals surface area contributed by atoms with Crippen molar-refractivity contribution in [3.8, 4) is 11.8 Å². The highest BCUT2D eigenvalue weighted by Gasteiger charge is 2.30. The first-order valence-electron chi connectivity index (χ1n) is 6.70. The van der Waals surface area contributed by atoms with Gasteiger partial charge in [0.25, 0.3) is 5.91 Å². The normalized spacial score (nSPS) is 25.7. The van der Waals surface area contributed by atoms with Crippen LogP contribution in [0.3, 0.4) is 0 Å². The number of thiophene rings is 1. The van der Waals surface area contributed by atoms with E-state index in [1.54, 1.807) is 0 Å². The number of amides is 1. The number of carbonyl (C=O) groups excluding carboxylic acids is 1. The van der Waals surface area contributed by atoms with Crippen LogP contribution in [0.5, 0.6) is 0 Å². The van der Waals surface area contributed by atoms with Crippen molar-refractivity contribution in [1.82, 2.24) is 5.32 Å². The number of carbonyl (C=O) groups is 1. The van der Waals surface area contributed by atoms with Crippen LogP contribution in [0.4, 0.5) is 0 Å². The topological polar surface area (TPSA) is 55.1 Å². The summed E-state index contributed by atoms with van der Waals surface area (Å²) in [6.07, 6.45) is 2.28. The summed E-state index contributed by atoms with van der Waals surface area (Å²) in [5.74, 6) is 7.02. The Kier molecular flexibility index (Phi) is 4.62. The maximum absolute atomic E-state index is 12.2. The lowest BCUT2D eigenvalue weighted by Crippen LogP contribution is -2.37. The molecule has 3 N–H and O–H groups in total. The second kappa shape index (κ2) is 6.23. The highest BCUT2D eigenvalue weighted by atomic mass is 32.1. The molecule has 0 aliphatic heterocycles. The fraction of sp³-hybridized carbons (Fsp3) is 0.533. The minimum absolute atomic E-state index is 0.0167.